The molecule has 0 saturated carbocycles. The summed E-state index contributed by atoms with van der Waals surface area (Å²) >= 11 is 0. The van der Waals surface area contributed by atoms with E-state index in [1.807, 2.05) is 41.4 Å². The summed E-state index contributed by atoms with van der Waals surface area (Å²) in [6.45, 7) is 5.53. The van der Waals surface area contributed by atoms with Gasteiger partial charge in [0, 0.05) is 66.6 Å². The third kappa shape index (κ3) is 5.55. The standard InChI is InChI=1S/C32H32N4O3/c1-34-12-14-35(15-13-34)22-30(37)23-6-8-24(9-7-23)32(38)36-16-17-39-31-11-10-25(18-28(31)21-36)27-19-26-4-2-3-5-29(26)33-20-27/h2-11,18-20H,12-17,21-22H2,1H3. The third-order valence-electron chi connectivity index (χ3n) is 7.67. The average Bonchev–Trinajstić information content (AvgIpc) is 3.20. The molecule has 7 nitrogen and oxygen atoms in total. The van der Waals surface area contributed by atoms with Gasteiger partial charge in [-0.1, -0.05) is 36.4 Å². The summed E-state index contributed by atoms with van der Waals surface area (Å²) in [6, 6.07) is 23.4. The maximum Gasteiger partial charge on any atom is 0.254 e. The molecule has 1 fully saturated rings. The van der Waals surface area contributed by atoms with Gasteiger partial charge in [0.1, 0.15) is 12.4 Å². The summed E-state index contributed by atoms with van der Waals surface area (Å²) in [4.78, 5) is 37.1. The lowest BCUT2D eigenvalue weighted by atomic mass is 10.0. The van der Waals surface area contributed by atoms with Crippen molar-refractivity contribution in [1.82, 2.24) is 19.7 Å². The number of aromatic nitrogens is 1. The van der Waals surface area contributed by atoms with Crippen LogP contribution in [-0.2, 0) is 6.54 Å². The molecule has 0 spiro atoms. The number of ketones is 1. The molecule has 0 atom stereocenters. The minimum atomic E-state index is -0.0673. The molecule has 2 aliphatic heterocycles. The smallest absolute Gasteiger partial charge is 0.254 e. The van der Waals surface area contributed by atoms with E-state index >= 15 is 0 Å². The highest BCUT2D eigenvalue weighted by Gasteiger charge is 2.23. The monoisotopic (exact) mass is 520 g/mol. The first kappa shape index (κ1) is 25.2. The second kappa shape index (κ2) is 11.0. The van der Waals surface area contributed by atoms with E-state index in [-0.39, 0.29) is 11.7 Å². The number of rotatable bonds is 5. The number of amides is 1. The second-order valence-electron chi connectivity index (χ2n) is 10.4. The number of benzene rings is 3. The Morgan fingerprint density at radius 1 is 0.846 bits per heavy atom. The molecule has 2 aliphatic rings. The van der Waals surface area contributed by atoms with Gasteiger partial charge in [0.2, 0.25) is 0 Å². The zero-order valence-electron chi connectivity index (χ0n) is 22.2. The van der Waals surface area contributed by atoms with Crippen LogP contribution in [0.1, 0.15) is 26.3 Å². The number of carbonyl (C=O) groups is 2. The molecule has 3 heterocycles. The molecule has 0 N–H and O–H groups in total. The predicted octanol–water partition coefficient (Wildman–Crippen LogP) is 4.37. The lowest BCUT2D eigenvalue weighted by Crippen LogP contribution is -2.46. The van der Waals surface area contributed by atoms with E-state index in [1.165, 1.54) is 0 Å². The van der Waals surface area contributed by atoms with E-state index in [0.717, 1.165) is 59.5 Å². The number of fused-ring (bicyclic) bond motifs is 2. The summed E-state index contributed by atoms with van der Waals surface area (Å²) in [5.74, 6) is 0.821. The molecule has 198 valence electrons. The highest BCUT2D eigenvalue weighted by molar-refractivity contribution is 5.99. The largest absolute Gasteiger partial charge is 0.491 e. The number of Topliss-reactive ketones (excluding diaryl/α,β-unsaturated/α-hetero) is 1. The van der Waals surface area contributed by atoms with E-state index in [9.17, 15) is 9.59 Å². The van der Waals surface area contributed by atoms with Crippen LogP contribution in [0.15, 0.2) is 79.0 Å². The second-order valence-corrected chi connectivity index (χ2v) is 10.4. The van der Waals surface area contributed by atoms with Crippen LogP contribution in [0.3, 0.4) is 0 Å². The molecule has 0 radical (unpaired) electrons. The minimum Gasteiger partial charge on any atom is -0.491 e. The lowest BCUT2D eigenvalue weighted by molar-refractivity contribution is 0.0732. The van der Waals surface area contributed by atoms with Crippen molar-refractivity contribution in [1.29, 1.82) is 0 Å². The molecule has 0 aliphatic carbocycles. The van der Waals surface area contributed by atoms with Crippen molar-refractivity contribution >= 4 is 22.6 Å². The van der Waals surface area contributed by atoms with Crippen molar-refractivity contribution < 1.29 is 14.3 Å². The van der Waals surface area contributed by atoms with Gasteiger partial charge in [-0.2, -0.15) is 0 Å². The van der Waals surface area contributed by atoms with Gasteiger partial charge in [0.05, 0.1) is 18.6 Å². The van der Waals surface area contributed by atoms with Gasteiger partial charge in [-0.15, -0.1) is 0 Å². The van der Waals surface area contributed by atoms with Gasteiger partial charge >= 0.3 is 0 Å². The zero-order chi connectivity index (χ0) is 26.8. The third-order valence-corrected chi connectivity index (χ3v) is 7.67. The first-order valence-electron chi connectivity index (χ1n) is 13.5. The van der Waals surface area contributed by atoms with Crippen LogP contribution in [0.25, 0.3) is 22.0 Å². The quantitative estimate of drug-likeness (QED) is 0.364. The van der Waals surface area contributed by atoms with Crippen molar-refractivity contribution in [2.45, 2.75) is 6.54 Å². The Kier molecular flexibility index (Phi) is 7.09. The molecule has 0 unspecified atom stereocenters. The fraction of sp³-hybridized carbons (Fsp3) is 0.281. The molecular weight excluding hydrogens is 488 g/mol. The first-order chi connectivity index (χ1) is 19.0. The fourth-order valence-electron chi connectivity index (χ4n) is 5.26. The number of para-hydroxylation sites is 1. The first-order valence-corrected chi connectivity index (χ1v) is 13.5. The molecule has 7 heteroatoms. The van der Waals surface area contributed by atoms with Crippen LogP contribution in [0.4, 0.5) is 0 Å². The van der Waals surface area contributed by atoms with Crippen molar-refractivity contribution in [2.75, 3.05) is 52.9 Å². The van der Waals surface area contributed by atoms with Crippen LogP contribution in [0.5, 0.6) is 5.75 Å². The normalized spacial score (nSPS) is 16.4. The maximum absolute atomic E-state index is 13.5. The molecule has 1 saturated heterocycles. The highest BCUT2D eigenvalue weighted by atomic mass is 16.5. The van der Waals surface area contributed by atoms with Gasteiger partial charge in [-0.25, -0.2) is 0 Å². The number of likely N-dealkylation sites (N-methyl/N-ethyl adjacent to an activating group) is 1. The van der Waals surface area contributed by atoms with E-state index in [0.29, 0.717) is 37.4 Å². The Hall–Kier alpha value is -4.07. The van der Waals surface area contributed by atoms with E-state index < -0.39 is 0 Å². The highest BCUT2D eigenvalue weighted by Crippen LogP contribution is 2.30. The fourth-order valence-corrected chi connectivity index (χ4v) is 5.26. The zero-order valence-corrected chi connectivity index (χ0v) is 22.2. The maximum atomic E-state index is 13.5. The van der Waals surface area contributed by atoms with Crippen LogP contribution >= 0.6 is 0 Å². The SMILES string of the molecule is CN1CCN(CC(=O)c2ccc(C(=O)N3CCOc4ccc(-c5cnc6ccccc6c5)cc4C3)cc2)CC1. The number of carbonyl (C=O) groups excluding carboxylic acids is 2. The van der Waals surface area contributed by atoms with Crippen molar-refractivity contribution in [2.24, 2.45) is 0 Å². The Bertz CT molecular complexity index is 1510. The Morgan fingerprint density at radius 3 is 2.44 bits per heavy atom. The Balaban J connectivity index is 1.16. The number of ether oxygens (including phenoxy) is 1. The Labute approximate surface area is 228 Å². The number of piperazine rings is 1. The summed E-state index contributed by atoms with van der Waals surface area (Å²) in [5.41, 5.74) is 5.20. The van der Waals surface area contributed by atoms with Crippen LogP contribution in [0, 0.1) is 0 Å². The number of pyridine rings is 1. The van der Waals surface area contributed by atoms with E-state index in [2.05, 4.69) is 40.0 Å². The van der Waals surface area contributed by atoms with E-state index in [1.54, 1.807) is 24.3 Å². The lowest BCUT2D eigenvalue weighted by Gasteiger charge is -2.31. The Morgan fingerprint density at radius 2 is 1.62 bits per heavy atom. The predicted molar refractivity (Wildman–Crippen MR) is 152 cm³/mol. The van der Waals surface area contributed by atoms with Gasteiger partial charge in [-0.3, -0.25) is 19.5 Å². The molecule has 6 rings (SSSR count). The topological polar surface area (TPSA) is 66.0 Å². The van der Waals surface area contributed by atoms with Gasteiger partial charge in [0.15, 0.2) is 5.78 Å². The summed E-state index contributed by atoms with van der Waals surface area (Å²) < 4.78 is 5.99. The summed E-state index contributed by atoms with van der Waals surface area (Å²) in [5, 5.41) is 1.09. The summed E-state index contributed by atoms with van der Waals surface area (Å²) in [7, 11) is 2.10. The van der Waals surface area contributed by atoms with Crippen molar-refractivity contribution in [3.63, 3.8) is 0 Å². The van der Waals surface area contributed by atoms with Gasteiger partial charge in [0.25, 0.3) is 5.91 Å². The molecule has 1 amide bonds. The number of hydrogen-bond acceptors (Lipinski definition) is 6. The average molecular weight is 521 g/mol. The van der Waals surface area contributed by atoms with E-state index in [4.69, 9.17) is 4.74 Å². The number of nitrogens with zero attached hydrogens (tertiary/aromatic N) is 4. The number of hydrogen-bond donors (Lipinski definition) is 0. The summed E-state index contributed by atoms with van der Waals surface area (Å²) in [6.07, 6.45) is 1.89. The van der Waals surface area contributed by atoms with Crippen molar-refractivity contribution in [3.8, 4) is 16.9 Å². The molecule has 1 aromatic heterocycles. The molecular formula is C32H32N4O3. The minimum absolute atomic E-state index is 0.0673. The molecule has 3 aromatic carbocycles. The van der Waals surface area contributed by atoms with Crippen LogP contribution in [0.2, 0.25) is 0 Å². The van der Waals surface area contributed by atoms with Crippen LogP contribution < -0.4 is 4.74 Å². The van der Waals surface area contributed by atoms with Gasteiger partial charge in [-0.05, 0) is 49.0 Å². The molecule has 39 heavy (non-hydrogen) atoms. The molecule has 0 bridgehead atoms. The van der Waals surface area contributed by atoms with Crippen LogP contribution in [-0.4, -0.2) is 84.3 Å². The molecule has 4 aromatic rings. The van der Waals surface area contributed by atoms with Crippen molar-refractivity contribution in [3.05, 3.63) is 95.7 Å². The van der Waals surface area contributed by atoms with Gasteiger partial charge < -0.3 is 14.5 Å².